The smallest absolute Gasteiger partial charge is 0.296 e. The third kappa shape index (κ3) is 5.03. The van der Waals surface area contributed by atoms with Crippen molar-refractivity contribution in [2.75, 3.05) is 12.0 Å². The maximum absolute atomic E-state index is 13.9. The number of thioether (sulfide) groups is 1. The van der Waals surface area contributed by atoms with Crippen LogP contribution in [0.2, 0.25) is 5.02 Å². The van der Waals surface area contributed by atoms with Gasteiger partial charge in [-0.15, -0.1) is 10.2 Å². The van der Waals surface area contributed by atoms with Crippen molar-refractivity contribution < 1.29 is 29.0 Å². The quantitative estimate of drug-likeness (QED) is 0.112. The number of rotatable bonds is 8. The van der Waals surface area contributed by atoms with E-state index in [2.05, 4.69) is 10.2 Å². The molecular formula is C29H20ClN3O6S2. The largest absolute Gasteiger partial charge is 0.508 e. The molecule has 1 unspecified atom stereocenters. The number of aliphatic hydroxyl groups excluding tert-OH is 1. The van der Waals surface area contributed by atoms with E-state index in [1.165, 1.54) is 42.0 Å². The Morgan fingerprint density at radius 3 is 2.59 bits per heavy atom. The summed E-state index contributed by atoms with van der Waals surface area (Å²) in [4.78, 5) is 28.6. The Kier molecular flexibility index (Phi) is 7.16. The zero-order chi connectivity index (χ0) is 28.7. The highest BCUT2D eigenvalue weighted by Gasteiger charge is 2.46. The number of aliphatic hydroxyl groups is 1. The van der Waals surface area contributed by atoms with Gasteiger partial charge in [-0.25, -0.2) is 0 Å². The summed E-state index contributed by atoms with van der Waals surface area (Å²) in [5.74, 6) is -1.21. The fraction of sp³-hybridized carbons (Fsp3) is 0.103. The molecule has 1 atom stereocenters. The fourth-order valence-electron chi connectivity index (χ4n) is 4.53. The number of aromatic hydroxyl groups is 1. The minimum atomic E-state index is -1.05. The van der Waals surface area contributed by atoms with Crippen molar-refractivity contribution in [3.8, 4) is 11.5 Å². The molecule has 2 N–H and O–H groups in total. The van der Waals surface area contributed by atoms with E-state index < -0.39 is 23.5 Å². The molecule has 0 saturated carbocycles. The number of halogens is 1. The zero-order valence-electron chi connectivity index (χ0n) is 21.3. The molecule has 0 fully saturated rings. The number of phenolic OH excluding ortho intramolecular Hbond substituents is 1. The standard InChI is InChI=1S/C29H20ClN3O6S2/c1-38-20-4-2-3-17-13-21(39-26(17)20)24(35)22-23(16-7-11-19(34)12-8-16)33(27(37)25(22)36)28-31-32-29(41-28)40-14-15-5-9-18(30)10-6-15/h2-13,23,34,36H,14H2,1H3. The lowest BCUT2D eigenvalue weighted by atomic mass is 9.95. The number of furan rings is 1. The number of fused-ring (bicyclic) bond motifs is 1. The predicted molar refractivity (Wildman–Crippen MR) is 156 cm³/mol. The van der Waals surface area contributed by atoms with E-state index in [0.717, 1.165) is 16.9 Å². The molecule has 12 heteroatoms. The Morgan fingerprint density at radius 2 is 1.85 bits per heavy atom. The van der Waals surface area contributed by atoms with Gasteiger partial charge in [0, 0.05) is 16.2 Å². The van der Waals surface area contributed by atoms with Gasteiger partial charge in [0.15, 0.2) is 27.2 Å². The Hall–Kier alpha value is -4.32. The first kappa shape index (κ1) is 26.9. The van der Waals surface area contributed by atoms with Gasteiger partial charge in [0.1, 0.15) is 5.75 Å². The average Bonchev–Trinajstić information content (AvgIpc) is 3.69. The number of Topliss-reactive ketones (excluding diaryl/α,β-unsaturated/α-hetero) is 1. The summed E-state index contributed by atoms with van der Waals surface area (Å²) >= 11 is 8.56. The van der Waals surface area contributed by atoms with Crippen LogP contribution in [0.1, 0.15) is 27.7 Å². The number of carbonyl (C=O) groups is 2. The van der Waals surface area contributed by atoms with E-state index in [4.69, 9.17) is 20.8 Å². The third-order valence-corrected chi connectivity index (χ3v) is 8.87. The van der Waals surface area contributed by atoms with Gasteiger partial charge in [-0.05, 0) is 47.5 Å². The van der Waals surface area contributed by atoms with Crippen LogP contribution in [0, 0.1) is 0 Å². The minimum Gasteiger partial charge on any atom is -0.508 e. The molecule has 1 aliphatic heterocycles. The second-order valence-electron chi connectivity index (χ2n) is 9.02. The topological polar surface area (TPSA) is 126 Å². The number of methoxy groups -OCH3 is 1. The molecule has 0 spiro atoms. The van der Waals surface area contributed by atoms with Gasteiger partial charge >= 0.3 is 0 Å². The highest BCUT2D eigenvalue weighted by atomic mass is 35.5. The first-order valence-corrected chi connectivity index (χ1v) is 14.4. The summed E-state index contributed by atoms with van der Waals surface area (Å²) < 4.78 is 11.8. The monoisotopic (exact) mass is 605 g/mol. The zero-order valence-corrected chi connectivity index (χ0v) is 23.7. The maximum Gasteiger partial charge on any atom is 0.296 e. The van der Waals surface area contributed by atoms with Gasteiger partial charge in [0.2, 0.25) is 10.9 Å². The molecule has 41 heavy (non-hydrogen) atoms. The Balaban J connectivity index is 1.36. The van der Waals surface area contributed by atoms with E-state index >= 15 is 0 Å². The number of hydrogen-bond donors (Lipinski definition) is 2. The summed E-state index contributed by atoms with van der Waals surface area (Å²) in [6, 6.07) is 19.2. The van der Waals surface area contributed by atoms with Crippen molar-refractivity contribution in [3.63, 3.8) is 0 Å². The van der Waals surface area contributed by atoms with Crippen LogP contribution in [-0.4, -0.2) is 39.2 Å². The predicted octanol–water partition coefficient (Wildman–Crippen LogP) is 6.73. The molecule has 5 aromatic rings. The lowest BCUT2D eigenvalue weighted by Crippen LogP contribution is -2.31. The minimum absolute atomic E-state index is 0.00637. The molecule has 9 nitrogen and oxygen atoms in total. The number of nitrogens with zero attached hydrogens (tertiary/aromatic N) is 3. The van der Waals surface area contributed by atoms with Crippen LogP contribution in [0.4, 0.5) is 5.13 Å². The van der Waals surface area contributed by atoms with Gasteiger partial charge in [-0.2, -0.15) is 0 Å². The summed E-state index contributed by atoms with van der Waals surface area (Å²) in [5, 5.41) is 30.8. The van der Waals surface area contributed by atoms with Crippen molar-refractivity contribution in [2.24, 2.45) is 0 Å². The Bertz CT molecular complexity index is 1810. The van der Waals surface area contributed by atoms with Gasteiger partial charge in [-0.3, -0.25) is 14.5 Å². The second-order valence-corrected chi connectivity index (χ2v) is 11.6. The highest BCUT2D eigenvalue weighted by molar-refractivity contribution is 8.00. The number of amides is 1. The van der Waals surface area contributed by atoms with Crippen LogP contribution in [0.3, 0.4) is 0 Å². The van der Waals surface area contributed by atoms with Crippen molar-refractivity contribution in [3.05, 3.63) is 106 Å². The number of benzene rings is 3. The second kappa shape index (κ2) is 10.9. The van der Waals surface area contributed by atoms with Crippen LogP contribution >= 0.6 is 34.7 Å². The molecule has 6 rings (SSSR count). The van der Waals surface area contributed by atoms with Crippen LogP contribution in [-0.2, 0) is 10.5 Å². The number of ketones is 1. The molecule has 206 valence electrons. The molecule has 0 saturated heterocycles. The number of hydrogen-bond acceptors (Lipinski definition) is 10. The molecule has 0 radical (unpaired) electrons. The molecule has 3 heterocycles. The summed E-state index contributed by atoms with van der Waals surface area (Å²) in [6.45, 7) is 0. The summed E-state index contributed by atoms with van der Waals surface area (Å²) in [7, 11) is 1.49. The van der Waals surface area contributed by atoms with Gasteiger partial charge in [-0.1, -0.05) is 71.1 Å². The van der Waals surface area contributed by atoms with Gasteiger partial charge in [0.25, 0.3) is 5.91 Å². The van der Waals surface area contributed by atoms with Crippen LogP contribution in [0.5, 0.6) is 11.5 Å². The number of carbonyl (C=O) groups excluding carboxylic acids is 2. The summed E-state index contributed by atoms with van der Waals surface area (Å²) in [6.07, 6.45) is 0. The molecule has 1 amide bonds. The van der Waals surface area contributed by atoms with Crippen LogP contribution in [0.15, 0.2) is 92.9 Å². The van der Waals surface area contributed by atoms with Crippen molar-refractivity contribution in [1.29, 1.82) is 0 Å². The van der Waals surface area contributed by atoms with Gasteiger partial charge < -0.3 is 19.4 Å². The van der Waals surface area contributed by atoms with Gasteiger partial charge in [0.05, 0.1) is 18.7 Å². The first-order chi connectivity index (χ1) is 19.8. The SMILES string of the molecule is COc1cccc2cc(C(=O)C3=C(O)C(=O)N(c4nnc(SCc5ccc(Cl)cc5)s4)C3c3ccc(O)cc3)oc12. The Labute approximate surface area is 246 Å². The maximum atomic E-state index is 13.9. The summed E-state index contributed by atoms with van der Waals surface area (Å²) in [5.41, 5.74) is 1.70. The van der Waals surface area contributed by atoms with Crippen LogP contribution < -0.4 is 9.64 Å². The molecule has 0 aliphatic carbocycles. The number of anilines is 1. The average molecular weight is 606 g/mol. The van der Waals surface area contributed by atoms with E-state index in [-0.39, 0.29) is 22.2 Å². The first-order valence-electron chi connectivity index (χ1n) is 12.2. The van der Waals surface area contributed by atoms with Crippen molar-refractivity contribution in [2.45, 2.75) is 16.1 Å². The normalized spacial score (nSPS) is 15.2. The molecule has 0 bridgehead atoms. The number of para-hydroxylation sites is 1. The molecule has 1 aliphatic rings. The van der Waals surface area contributed by atoms with E-state index in [1.54, 1.807) is 42.5 Å². The number of aromatic nitrogens is 2. The lowest BCUT2D eigenvalue weighted by Gasteiger charge is -2.23. The molecule has 2 aromatic heterocycles. The molecule has 3 aromatic carbocycles. The van der Waals surface area contributed by atoms with E-state index in [9.17, 15) is 19.8 Å². The highest BCUT2D eigenvalue weighted by Crippen LogP contribution is 2.44. The van der Waals surface area contributed by atoms with E-state index in [0.29, 0.717) is 37.4 Å². The fourth-order valence-corrected chi connectivity index (χ4v) is 6.48. The third-order valence-electron chi connectivity index (χ3n) is 6.49. The Morgan fingerprint density at radius 1 is 1.10 bits per heavy atom. The van der Waals surface area contributed by atoms with Crippen molar-refractivity contribution in [1.82, 2.24) is 10.2 Å². The number of ether oxygens (including phenoxy) is 1. The molecular weight excluding hydrogens is 586 g/mol. The van der Waals surface area contributed by atoms with E-state index in [1.807, 2.05) is 12.1 Å². The van der Waals surface area contributed by atoms with Crippen LogP contribution in [0.25, 0.3) is 11.0 Å². The number of phenols is 1. The van der Waals surface area contributed by atoms with Crippen molar-refractivity contribution >= 4 is 62.5 Å². The lowest BCUT2D eigenvalue weighted by molar-refractivity contribution is -0.117.